The lowest BCUT2D eigenvalue weighted by atomic mass is 10.1. The van der Waals surface area contributed by atoms with Crippen LogP contribution in [0.3, 0.4) is 0 Å². The topological polar surface area (TPSA) is 64.6 Å². The van der Waals surface area contributed by atoms with E-state index in [1.807, 2.05) is 45.9 Å². The van der Waals surface area contributed by atoms with Crippen LogP contribution in [-0.4, -0.2) is 24.1 Å². The molecule has 1 heterocycles. The quantitative estimate of drug-likeness (QED) is 0.850. The Kier molecular flexibility index (Phi) is 4.74. The van der Waals surface area contributed by atoms with E-state index in [1.165, 1.54) is 0 Å². The van der Waals surface area contributed by atoms with Gasteiger partial charge < -0.3 is 14.8 Å². The summed E-state index contributed by atoms with van der Waals surface area (Å²) >= 11 is 0. The van der Waals surface area contributed by atoms with Gasteiger partial charge in [0.2, 0.25) is 5.91 Å². The molecule has 0 saturated carbocycles. The second kappa shape index (κ2) is 6.38. The largest absolute Gasteiger partial charge is 0.493 e. The molecule has 0 radical (unpaired) electrons. The van der Waals surface area contributed by atoms with E-state index in [-0.39, 0.29) is 17.8 Å². The van der Waals surface area contributed by atoms with E-state index in [1.54, 1.807) is 0 Å². The minimum absolute atomic E-state index is 0.00504. The molecule has 120 valence electrons. The van der Waals surface area contributed by atoms with Gasteiger partial charge in [-0.05, 0) is 32.4 Å². The Hall–Kier alpha value is -2.04. The van der Waals surface area contributed by atoms with Crippen LogP contribution in [-0.2, 0) is 20.7 Å². The molecular weight excluding hydrogens is 282 g/mol. The Bertz CT molecular complexity index is 575. The number of fused-ring (bicyclic) bond motifs is 1. The highest BCUT2D eigenvalue weighted by atomic mass is 16.6. The smallest absolute Gasteiger partial charge is 0.306 e. The first-order valence-electron chi connectivity index (χ1n) is 7.50. The molecule has 0 saturated heterocycles. The monoisotopic (exact) mass is 305 g/mol. The molecular formula is C17H23NO4. The van der Waals surface area contributed by atoms with E-state index in [9.17, 15) is 9.59 Å². The predicted molar refractivity (Wildman–Crippen MR) is 83.9 cm³/mol. The van der Waals surface area contributed by atoms with E-state index in [0.717, 1.165) is 11.3 Å². The second-order valence-corrected chi connectivity index (χ2v) is 6.75. The summed E-state index contributed by atoms with van der Waals surface area (Å²) in [6.07, 6.45) is 0.740. The normalized spacial score (nSPS) is 15.0. The minimum Gasteiger partial charge on any atom is -0.493 e. The average Bonchev–Trinajstić information content (AvgIpc) is 2.73. The molecule has 0 aliphatic carbocycles. The van der Waals surface area contributed by atoms with Gasteiger partial charge in [-0.25, -0.2) is 0 Å². The third kappa shape index (κ3) is 4.76. The number of benzene rings is 1. The van der Waals surface area contributed by atoms with Crippen molar-refractivity contribution in [2.24, 2.45) is 5.92 Å². The van der Waals surface area contributed by atoms with Crippen LogP contribution in [0.4, 0.5) is 5.69 Å². The Labute approximate surface area is 131 Å². The van der Waals surface area contributed by atoms with Gasteiger partial charge in [-0.15, -0.1) is 0 Å². The fraction of sp³-hybridized carbons (Fsp3) is 0.529. The van der Waals surface area contributed by atoms with Gasteiger partial charge in [-0.1, -0.05) is 13.0 Å². The van der Waals surface area contributed by atoms with Crippen molar-refractivity contribution in [1.29, 1.82) is 0 Å². The van der Waals surface area contributed by atoms with Gasteiger partial charge in [0.05, 0.1) is 19.4 Å². The molecule has 1 aromatic carbocycles. The Morgan fingerprint density at radius 3 is 2.77 bits per heavy atom. The van der Waals surface area contributed by atoms with E-state index >= 15 is 0 Å². The van der Waals surface area contributed by atoms with Gasteiger partial charge in [0.1, 0.15) is 11.4 Å². The summed E-state index contributed by atoms with van der Waals surface area (Å²) in [4.78, 5) is 23.1. The van der Waals surface area contributed by atoms with Crippen LogP contribution < -0.4 is 10.1 Å². The summed E-state index contributed by atoms with van der Waals surface area (Å²) in [7, 11) is 0. The number of rotatable bonds is 5. The molecule has 0 spiro atoms. The highest BCUT2D eigenvalue weighted by Crippen LogP contribution is 2.27. The molecule has 1 aliphatic heterocycles. The summed E-state index contributed by atoms with van der Waals surface area (Å²) in [5.74, 6) is 0.532. The number of amides is 1. The molecule has 1 aliphatic rings. The van der Waals surface area contributed by atoms with Crippen molar-refractivity contribution in [1.82, 2.24) is 0 Å². The minimum atomic E-state index is -0.462. The summed E-state index contributed by atoms with van der Waals surface area (Å²) in [6.45, 7) is 7.92. The van der Waals surface area contributed by atoms with Crippen molar-refractivity contribution in [2.45, 2.75) is 46.1 Å². The van der Waals surface area contributed by atoms with Gasteiger partial charge in [-0.3, -0.25) is 9.59 Å². The second-order valence-electron chi connectivity index (χ2n) is 6.75. The van der Waals surface area contributed by atoms with Crippen LogP contribution in [0.15, 0.2) is 18.2 Å². The maximum Gasteiger partial charge on any atom is 0.306 e. The first-order chi connectivity index (χ1) is 10.2. The van der Waals surface area contributed by atoms with E-state index in [2.05, 4.69) is 5.32 Å². The number of hydrogen-bond acceptors (Lipinski definition) is 4. The van der Waals surface area contributed by atoms with Crippen LogP contribution in [0.5, 0.6) is 5.75 Å². The number of esters is 1. The van der Waals surface area contributed by atoms with Crippen molar-refractivity contribution >= 4 is 17.6 Å². The lowest BCUT2D eigenvalue weighted by Crippen LogP contribution is -2.25. The summed E-state index contributed by atoms with van der Waals surface area (Å²) in [5.41, 5.74) is 1.33. The van der Waals surface area contributed by atoms with Crippen molar-refractivity contribution < 1.29 is 19.1 Å². The fourth-order valence-corrected chi connectivity index (χ4v) is 2.25. The molecule has 1 amide bonds. The van der Waals surface area contributed by atoms with Crippen molar-refractivity contribution in [3.05, 3.63) is 23.8 Å². The van der Waals surface area contributed by atoms with E-state index < -0.39 is 5.60 Å². The van der Waals surface area contributed by atoms with Gasteiger partial charge in [0, 0.05) is 17.7 Å². The van der Waals surface area contributed by atoms with Crippen molar-refractivity contribution in [3.63, 3.8) is 0 Å². The highest BCUT2D eigenvalue weighted by molar-refractivity contribution is 5.99. The molecule has 0 fully saturated rings. The SMILES string of the molecule is C[C@H](COc1ccc2c(c1)NC(=O)C2)CC(=O)OC(C)(C)C. The molecule has 5 heteroatoms. The van der Waals surface area contributed by atoms with Crippen LogP contribution in [0.2, 0.25) is 0 Å². The van der Waals surface area contributed by atoms with Gasteiger partial charge >= 0.3 is 5.97 Å². The Morgan fingerprint density at radius 1 is 1.36 bits per heavy atom. The standard InChI is InChI=1S/C17H23NO4/c1-11(7-16(20)22-17(2,3)4)10-21-13-6-5-12-8-15(19)18-14(12)9-13/h5-6,9,11H,7-8,10H2,1-4H3,(H,18,19)/t11-/m0/s1. The molecule has 22 heavy (non-hydrogen) atoms. The Morgan fingerprint density at radius 2 is 2.09 bits per heavy atom. The third-order valence-electron chi connectivity index (χ3n) is 3.18. The molecule has 1 atom stereocenters. The molecule has 5 nitrogen and oxygen atoms in total. The van der Waals surface area contributed by atoms with Crippen LogP contribution >= 0.6 is 0 Å². The molecule has 0 unspecified atom stereocenters. The molecule has 1 N–H and O–H groups in total. The number of carbonyl (C=O) groups is 2. The number of anilines is 1. The summed E-state index contributed by atoms with van der Waals surface area (Å²) < 4.78 is 11.0. The maximum atomic E-state index is 11.7. The average molecular weight is 305 g/mol. The lowest BCUT2D eigenvalue weighted by molar-refractivity contribution is -0.156. The molecule has 0 aromatic heterocycles. The van der Waals surface area contributed by atoms with Crippen LogP contribution in [0, 0.1) is 5.92 Å². The zero-order valence-electron chi connectivity index (χ0n) is 13.6. The first kappa shape index (κ1) is 16.3. The van der Waals surface area contributed by atoms with Crippen LogP contribution in [0.25, 0.3) is 0 Å². The van der Waals surface area contributed by atoms with Crippen LogP contribution in [0.1, 0.15) is 39.7 Å². The summed E-state index contributed by atoms with van der Waals surface area (Å²) in [5, 5.41) is 2.79. The van der Waals surface area contributed by atoms with Crippen molar-refractivity contribution in [3.8, 4) is 5.75 Å². The molecule has 2 rings (SSSR count). The third-order valence-corrected chi connectivity index (χ3v) is 3.18. The zero-order chi connectivity index (χ0) is 16.3. The predicted octanol–water partition coefficient (Wildman–Crippen LogP) is 2.93. The summed E-state index contributed by atoms with van der Waals surface area (Å²) in [6, 6.07) is 5.56. The molecule has 0 bridgehead atoms. The fourth-order valence-electron chi connectivity index (χ4n) is 2.25. The number of ether oxygens (including phenoxy) is 2. The van der Waals surface area contributed by atoms with E-state index in [0.29, 0.717) is 25.2 Å². The van der Waals surface area contributed by atoms with Crippen molar-refractivity contribution in [2.75, 3.05) is 11.9 Å². The van der Waals surface area contributed by atoms with Gasteiger partial charge in [0.15, 0.2) is 0 Å². The first-order valence-corrected chi connectivity index (χ1v) is 7.50. The highest BCUT2D eigenvalue weighted by Gasteiger charge is 2.20. The number of nitrogens with one attached hydrogen (secondary N) is 1. The lowest BCUT2D eigenvalue weighted by Gasteiger charge is -2.21. The molecule has 1 aromatic rings. The zero-order valence-corrected chi connectivity index (χ0v) is 13.6. The van der Waals surface area contributed by atoms with Gasteiger partial charge in [-0.2, -0.15) is 0 Å². The van der Waals surface area contributed by atoms with Gasteiger partial charge in [0.25, 0.3) is 0 Å². The van der Waals surface area contributed by atoms with E-state index in [4.69, 9.17) is 9.47 Å². The number of hydrogen-bond donors (Lipinski definition) is 1. The Balaban J connectivity index is 1.82. The number of carbonyl (C=O) groups excluding carboxylic acids is 2. The maximum absolute atomic E-state index is 11.7.